The maximum Gasteiger partial charge on any atom is 0.331 e. The van der Waals surface area contributed by atoms with E-state index >= 15 is 0 Å². The number of carbonyl (C=O) groups excluding carboxylic acids is 1. The van der Waals surface area contributed by atoms with Crippen molar-refractivity contribution in [2.45, 2.75) is 33.8 Å². The minimum absolute atomic E-state index is 0.184. The zero-order valence-electron chi connectivity index (χ0n) is 9.56. The first-order valence-electron chi connectivity index (χ1n) is 4.96. The molecule has 0 bridgehead atoms. The third kappa shape index (κ3) is 5.88. The highest BCUT2D eigenvalue weighted by Crippen LogP contribution is 2.16. The standard InChI is InChI=1S/C11H18O4/c1-7(2)11(8(3)4)15-10(14)6-5-9(12)13/h5-8,11H,1-4H3,(H,12,13)/b6-5-. The number of esters is 1. The molecule has 0 aliphatic carbocycles. The van der Waals surface area contributed by atoms with Crippen molar-refractivity contribution in [3.8, 4) is 0 Å². The molecule has 1 N–H and O–H groups in total. The fourth-order valence-corrected chi connectivity index (χ4v) is 1.35. The highest BCUT2D eigenvalue weighted by molar-refractivity contribution is 5.90. The van der Waals surface area contributed by atoms with Gasteiger partial charge in [0.1, 0.15) is 6.10 Å². The summed E-state index contributed by atoms with van der Waals surface area (Å²) in [5.74, 6) is -1.33. The summed E-state index contributed by atoms with van der Waals surface area (Å²) < 4.78 is 5.13. The molecule has 0 aliphatic rings. The first-order chi connectivity index (χ1) is 6.84. The smallest absolute Gasteiger partial charge is 0.331 e. The van der Waals surface area contributed by atoms with Gasteiger partial charge in [0.15, 0.2) is 0 Å². The SMILES string of the molecule is CC(C)C(OC(=O)/C=C\C(=O)O)C(C)C. The van der Waals surface area contributed by atoms with Crippen LogP contribution in [0.2, 0.25) is 0 Å². The molecule has 0 unspecified atom stereocenters. The molecule has 0 aromatic carbocycles. The van der Waals surface area contributed by atoms with Gasteiger partial charge in [0.05, 0.1) is 0 Å². The lowest BCUT2D eigenvalue weighted by Crippen LogP contribution is -2.28. The normalized spacial score (nSPS) is 11.7. The largest absolute Gasteiger partial charge is 0.478 e. The summed E-state index contributed by atoms with van der Waals surface area (Å²) >= 11 is 0. The second-order valence-corrected chi connectivity index (χ2v) is 4.06. The van der Waals surface area contributed by atoms with Crippen molar-refractivity contribution in [3.63, 3.8) is 0 Å². The number of carboxylic acids is 1. The van der Waals surface area contributed by atoms with Gasteiger partial charge >= 0.3 is 11.9 Å². The van der Waals surface area contributed by atoms with Crippen molar-refractivity contribution >= 4 is 11.9 Å². The van der Waals surface area contributed by atoms with E-state index in [1.807, 2.05) is 27.7 Å². The van der Waals surface area contributed by atoms with Crippen molar-refractivity contribution in [2.75, 3.05) is 0 Å². The van der Waals surface area contributed by atoms with Gasteiger partial charge in [-0.15, -0.1) is 0 Å². The molecule has 4 heteroatoms. The molecular formula is C11H18O4. The van der Waals surface area contributed by atoms with E-state index in [9.17, 15) is 9.59 Å². The van der Waals surface area contributed by atoms with E-state index in [1.54, 1.807) is 0 Å². The molecule has 0 spiro atoms. The van der Waals surface area contributed by atoms with Gasteiger partial charge in [-0.05, 0) is 11.8 Å². The maximum atomic E-state index is 11.2. The molecule has 0 amide bonds. The van der Waals surface area contributed by atoms with Crippen LogP contribution in [0, 0.1) is 11.8 Å². The average Bonchev–Trinajstić information content (AvgIpc) is 2.09. The van der Waals surface area contributed by atoms with E-state index in [4.69, 9.17) is 9.84 Å². The van der Waals surface area contributed by atoms with Crippen molar-refractivity contribution in [1.29, 1.82) is 0 Å². The average molecular weight is 214 g/mol. The number of hydrogen-bond donors (Lipinski definition) is 1. The third-order valence-corrected chi connectivity index (χ3v) is 1.93. The summed E-state index contributed by atoms with van der Waals surface area (Å²) in [6.07, 6.45) is 1.52. The van der Waals surface area contributed by atoms with E-state index in [0.29, 0.717) is 0 Å². The highest BCUT2D eigenvalue weighted by atomic mass is 16.5. The van der Waals surface area contributed by atoms with E-state index in [-0.39, 0.29) is 17.9 Å². The monoisotopic (exact) mass is 214 g/mol. The van der Waals surface area contributed by atoms with Crippen LogP contribution in [0.4, 0.5) is 0 Å². The molecule has 4 nitrogen and oxygen atoms in total. The second kappa shape index (κ2) is 6.22. The number of carbonyl (C=O) groups is 2. The van der Waals surface area contributed by atoms with E-state index in [2.05, 4.69) is 0 Å². The summed E-state index contributed by atoms with van der Waals surface area (Å²) in [5, 5.41) is 8.32. The van der Waals surface area contributed by atoms with Crippen LogP contribution in [0.15, 0.2) is 12.2 Å². The van der Waals surface area contributed by atoms with Crippen molar-refractivity contribution in [3.05, 3.63) is 12.2 Å². The highest BCUT2D eigenvalue weighted by Gasteiger charge is 2.20. The van der Waals surface area contributed by atoms with Gasteiger partial charge in [0, 0.05) is 12.2 Å². The minimum Gasteiger partial charge on any atom is -0.478 e. The first kappa shape index (κ1) is 13.7. The van der Waals surface area contributed by atoms with Crippen LogP contribution in [-0.4, -0.2) is 23.1 Å². The Kier molecular flexibility index (Phi) is 5.67. The number of hydrogen-bond acceptors (Lipinski definition) is 3. The van der Waals surface area contributed by atoms with Crippen LogP contribution < -0.4 is 0 Å². The van der Waals surface area contributed by atoms with Crippen LogP contribution in [-0.2, 0) is 14.3 Å². The van der Waals surface area contributed by atoms with Gasteiger partial charge in [-0.3, -0.25) is 0 Å². The van der Waals surface area contributed by atoms with Gasteiger partial charge in [-0.25, -0.2) is 9.59 Å². The second-order valence-electron chi connectivity index (χ2n) is 4.06. The number of aliphatic carboxylic acids is 1. The fourth-order valence-electron chi connectivity index (χ4n) is 1.35. The van der Waals surface area contributed by atoms with Crippen molar-refractivity contribution in [2.24, 2.45) is 11.8 Å². The summed E-state index contributed by atoms with van der Waals surface area (Å²) in [4.78, 5) is 21.4. The van der Waals surface area contributed by atoms with Crippen LogP contribution in [0.1, 0.15) is 27.7 Å². The van der Waals surface area contributed by atoms with Gasteiger partial charge < -0.3 is 9.84 Å². The Labute approximate surface area is 89.9 Å². The van der Waals surface area contributed by atoms with Gasteiger partial charge in [0.2, 0.25) is 0 Å². The lowest BCUT2D eigenvalue weighted by molar-refractivity contribution is -0.148. The zero-order valence-corrected chi connectivity index (χ0v) is 9.56. The Morgan fingerprint density at radius 1 is 1.07 bits per heavy atom. The molecule has 0 saturated heterocycles. The topological polar surface area (TPSA) is 63.6 Å². The summed E-state index contributed by atoms with van der Waals surface area (Å²) in [6.45, 7) is 7.83. The maximum absolute atomic E-state index is 11.2. The summed E-state index contributed by atoms with van der Waals surface area (Å²) in [7, 11) is 0. The molecule has 0 aromatic heterocycles. The third-order valence-electron chi connectivity index (χ3n) is 1.93. The number of rotatable bonds is 5. The van der Waals surface area contributed by atoms with Gasteiger partial charge in [0.25, 0.3) is 0 Å². The zero-order chi connectivity index (χ0) is 12.0. The van der Waals surface area contributed by atoms with Crippen LogP contribution in [0.25, 0.3) is 0 Å². The lowest BCUT2D eigenvalue weighted by atomic mass is 9.96. The molecule has 0 radical (unpaired) electrons. The predicted octanol–water partition coefficient (Wildman–Crippen LogP) is 1.85. The fraction of sp³-hybridized carbons (Fsp3) is 0.636. The van der Waals surface area contributed by atoms with Gasteiger partial charge in [-0.1, -0.05) is 27.7 Å². The minimum atomic E-state index is -1.16. The number of ether oxygens (including phenoxy) is 1. The Morgan fingerprint density at radius 3 is 1.87 bits per heavy atom. The van der Waals surface area contributed by atoms with Crippen molar-refractivity contribution < 1.29 is 19.4 Å². The van der Waals surface area contributed by atoms with E-state index in [1.165, 1.54) is 0 Å². The molecule has 0 atom stereocenters. The first-order valence-corrected chi connectivity index (χ1v) is 4.96. The Morgan fingerprint density at radius 2 is 1.53 bits per heavy atom. The Balaban J connectivity index is 4.30. The molecule has 0 rings (SSSR count). The molecule has 0 aromatic rings. The van der Waals surface area contributed by atoms with E-state index < -0.39 is 11.9 Å². The summed E-state index contributed by atoms with van der Waals surface area (Å²) in [6, 6.07) is 0. The molecule has 0 heterocycles. The predicted molar refractivity (Wildman–Crippen MR) is 56.3 cm³/mol. The Hall–Kier alpha value is -1.32. The number of carboxylic acid groups (broad SMARTS) is 1. The molecule has 86 valence electrons. The van der Waals surface area contributed by atoms with Crippen LogP contribution in [0.3, 0.4) is 0 Å². The molecule has 0 aliphatic heterocycles. The summed E-state index contributed by atoms with van der Waals surface area (Å²) in [5.41, 5.74) is 0. The van der Waals surface area contributed by atoms with E-state index in [0.717, 1.165) is 12.2 Å². The van der Waals surface area contributed by atoms with Crippen LogP contribution >= 0.6 is 0 Å². The van der Waals surface area contributed by atoms with Gasteiger partial charge in [-0.2, -0.15) is 0 Å². The molecule has 15 heavy (non-hydrogen) atoms. The molecule has 0 saturated carbocycles. The molecule has 0 fully saturated rings. The molecular weight excluding hydrogens is 196 g/mol. The quantitative estimate of drug-likeness (QED) is 0.560. The van der Waals surface area contributed by atoms with Crippen LogP contribution in [0.5, 0.6) is 0 Å². The lowest BCUT2D eigenvalue weighted by Gasteiger charge is -2.24. The Bertz CT molecular complexity index is 245. The van der Waals surface area contributed by atoms with Crippen molar-refractivity contribution in [1.82, 2.24) is 0 Å².